The number of hydrogen-bond donors (Lipinski definition) is 2. The number of ether oxygens (including phenoxy) is 2. The van der Waals surface area contributed by atoms with Crippen molar-refractivity contribution < 1.29 is 14.3 Å². The Kier molecular flexibility index (Phi) is 5.83. The molecule has 3 N–H and O–H groups in total. The van der Waals surface area contributed by atoms with E-state index >= 15 is 0 Å². The molecule has 0 atom stereocenters. The summed E-state index contributed by atoms with van der Waals surface area (Å²) in [6, 6.07) is 7.02. The first-order chi connectivity index (χ1) is 9.81. The van der Waals surface area contributed by atoms with Crippen LogP contribution in [0.3, 0.4) is 0 Å². The van der Waals surface area contributed by atoms with E-state index < -0.39 is 0 Å². The molecule has 0 radical (unpaired) electrons. The molecule has 0 unspecified atom stereocenters. The molecule has 1 aliphatic rings. The van der Waals surface area contributed by atoms with Gasteiger partial charge in [-0.25, -0.2) is 5.84 Å². The van der Waals surface area contributed by atoms with Gasteiger partial charge in [0, 0.05) is 6.61 Å². The Bertz CT molecular complexity index is 431. The Morgan fingerprint density at radius 1 is 1.25 bits per heavy atom. The van der Waals surface area contributed by atoms with Gasteiger partial charge in [-0.15, -0.1) is 0 Å². The third-order valence-corrected chi connectivity index (χ3v) is 3.58. The van der Waals surface area contributed by atoms with E-state index in [2.05, 4.69) is 5.43 Å². The first-order valence-electron chi connectivity index (χ1n) is 7.12. The Hall–Kier alpha value is -1.59. The SMILES string of the molecule is NNC(=O)c1ccccc1OCCOCC1CCCC1. The van der Waals surface area contributed by atoms with E-state index in [1.165, 1.54) is 25.7 Å². The predicted molar refractivity (Wildman–Crippen MR) is 76.4 cm³/mol. The Morgan fingerprint density at radius 2 is 2.00 bits per heavy atom. The van der Waals surface area contributed by atoms with Crippen LogP contribution in [0.1, 0.15) is 36.0 Å². The maximum absolute atomic E-state index is 11.5. The van der Waals surface area contributed by atoms with E-state index in [4.69, 9.17) is 15.3 Å². The van der Waals surface area contributed by atoms with Gasteiger partial charge in [0.05, 0.1) is 12.2 Å². The lowest BCUT2D eigenvalue weighted by atomic mass is 10.1. The van der Waals surface area contributed by atoms with Gasteiger partial charge in [-0.05, 0) is 30.9 Å². The number of carbonyl (C=O) groups is 1. The third kappa shape index (κ3) is 4.21. The molecule has 0 bridgehead atoms. The number of carbonyl (C=O) groups excluding carboxylic acids is 1. The first kappa shape index (κ1) is 14.8. The van der Waals surface area contributed by atoms with Crippen molar-refractivity contribution in [1.82, 2.24) is 5.43 Å². The number of rotatable bonds is 7. The second-order valence-electron chi connectivity index (χ2n) is 5.04. The molecule has 1 saturated carbocycles. The van der Waals surface area contributed by atoms with Crippen molar-refractivity contribution in [2.45, 2.75) is 25.7 Å². The average Bonchev–Trinajstić information content (AvgIpc) is 3.00. The number of para-hydroxylation sites is 1. The van der Waals surface area contributed by atoms with Crippen LogP contribution < -0.4 is 16.0 Å². The number of hydrazine groups is 1. The van der Waals surface area contributed by atoms with Gasteiger partial charge in [-0.3, -0.25) is 10.2 Å². The van der Waals surface area contributed by atoms with Crippen molar-refractivity contribution in [3.8, 4) is 5.75 Å². The van der Waals surface area contributed by atoms with Crippen LogP contribution in [0.25, 0.3) is 0 Å². The van der Waals surface area contributed by atoms with E-state index in [1.54, 1.807) is 18.2 Å². The third-order valence-electron chi connectivity index (χ3n) is 3.58. The van der Waals surface area contributed by atoms with Crippen LogP contribution in [-0.2, 0) is 4.74 Å². The maximum Gasteiger partial charge on any atom is 0.268 e. The molecular formula is C15H22N2O3. The molecule has 5 heteroatoms. The standard InChI is InChI=1S/C15H22N2O3/c16-17-15(18)13-7-3-4-8-14(13)20-10-9-19-11-12-5-1-2-6-12/h3-4,7-8,12H,1-2,5-6,9-11,16H2,(H,17,18). The fraction of sp³-hybridized carbons (Fsp3) is 0.533. The summed E-state index contributed by atoms with van der Waals surface area (Å²) in [5, 5.41) is 0. The lowest BCUT2D eigenvalue weighted by Crippen LogP contribution is -2.30. The van der Waals surface area contributed by atoms with Crippen molar-refractivity contribution in [3.05, 3.63) is 29.8 Å². The molecule has 0 saturated heterocycles. The molecule has 1 aliphatic carbocycles. The van der Waals surface area contributed by atoms with E-state index in [0.717, 1.165) is 6.61 Å². The lowest BCUT2D eigenvalue weighted by Gasteiger charge is -2.12. The van der Waals surface area contributed by atoms with Gasteiger partial charge in [0.25, 0.3) is 5.91 Å². The van der Waals surface area contributed by atoms with Crippen LogP contribution in [0.5, 0.6) is 5.75 Å². The number of nitrogen functional groups attached to an aromatic ring is 1. The minimum Gasteiger partial charge on any atom is -0.490 e. The summed E-state index contributed by atoms with van der Waals surface area (Å²) in [6.45, 7) is 1.78. The van der Waals surface area contributed by atoms with Crippen LogP contribution in [0.2, 0.25) is 0 Å². The van der Waals surface area contributed by atoms with Crippen molar-refractivity contribution in [3.63, 3.8) is 0 Å². The number of nitrogens with one attached hydrogen (secondary N) is 1. The number of hydrogen-bond acceptors (Lipinski definition) is 4. The van der Waals surface area contributed by atoms with Crippen LogP contribution in [0.15, 0.2) is 24.3 Å². The molecule has 0 heterocycles. The van der Waals surface area contributed by atoms with Crippen molar-refractivity contribution in [1.29, 1.82) is 0 Å². The molecule has 1 aromatic carbocycles. The Balaban J connectivity index is 1.72. The Labute approximate surface area is 119 Å². The summed E-state index contributed by atoms with van der Waals surface area (Å²) in [5.41, 5.74) is 2.55. The highest BCUT2D eigenvalue weighted by Crippen LogP contribution is 2.24. The highest BCUT2D eigenvalue weighted by Gasteiger charge is 2.15. The largest absolute Gasteiger partial charge is 0.490 e. The summed E-state index contributed by atoms with van der Waals surface area (Å²) in [5.74, 6) is 6.03. The number of amides is 1. The molecule has 0 spiro atoms. The highest BCUT2D eigenvalue weighted by molar-refractivity contribution is 5.96. The molecule has 0 aromatic heterocycles. The second-order valence-corrected chi connectivity index (χ2v) is 5.04. The normalized spacial score (nSPS) is 15.2. The van der Waals surface area contributed by atoms with Crippen molar-refractivity contribution in [2.75, 3.05) is 19.8 Å². The number of nitrogens with two attached hydrogens (primary N) is 1. The van der Waals surface area contributed by atoms with Crippen molar-refractivity contribution >= 4 is 5.91 Å². The molecular weight excluding hydrogens is 256 g/mol. The van der Waals surface area contributed by atoms with Crippen molar-refractivity contribution in [2.24, 2.45) is 11.8 Å². The zero-order chi connectivity index (χ0) is 14.2. The smallest absolute Gasteiger partial charge is 0.268 e. The molecule has 1 aromatic rings. The van der Waals surface area contributed by atoms with Gasteiger partial charge in [0.15, 0.2) is 0 Å². The summed E-state index contributed by atoms with van der Waals surface area (Å²) < 4.78 is 11.2. The second kappa shape index (κ2) is 7.87. The fourth-order valence-corrected chi connectivity index (χ4v) is 2.50. The van der Waals surface area contributed by atoms with E-state index in [9.17, 15) is 4.79 Å². The van der Waals surface area contributed by atoms with Crippen LogP contribution in [0, 0.1) is 5.92 Å². The van der Waals surface area contributed by atoms with E-state index in [1.807, 2.05) is 6.07 Å². The van der Waals surface area contributed by atoms with Crippen LogP contribution in [0.4, 0.5) is 0 Å². The summed E-state index contributed by atoms with van der Waals surface area (Å²) in [7, 11) is 0. The quantitative estimate of drug-likeness (QED) is 0.346. The molecule has 110 valence electrons. The van der Waals surface area contributed by atoms with Gasteiger partial charge in [-0.1, -0.05) is 25.0 Å². The average molecular weight is 278 g/mol. The van der Waals surface area contributed by atoms with Crippen LogP contribution in [-0.4, -0.2) is 25.7 Å². The summed E-state index contributed by atoms with van der Waals surface area (Å²) in [4.78, 5) is 11.5. The monoisotopic (exact) mass is 278 g/mol. The van der Waals surface area contributed by atoms with Gasteiger partial charge in [-0.2, -0.15) is 0 Å². The minimum atomic E-state index is -0.354. The van der Waals surface area contributed by atoms with Gasteiger partial charge >= 0.3 is 0 Å². The number of benzene rings is 1. The van der Waals surface area contributed by atoms with Gasteiger partial charge < -0.3 is 9.47 Å². The summed E-state index contributed by atoms with van der Waals surface area (Å²) in [6.07, 6.45) is 5.21. The zero-order valence-electron chi connectivity index (χ0n) is 11.6. The molecule has 1 amide bonds. The first-order valence-corrected chi connectivity index (χ1v) is 7.12. The molecule has 0 aliphatic heterocycles. The molecule has 2 rings (SSSR count). The predicted octanol–water partition coefficient (Wildman–Crippen LogP) is 1.88. The summed E-state index contributed by atoms with van der Waals surface area (Å²) >= 11 is 0. The molecule has 1 fully saturated rings. The van der Waals surface area contributed by atoms with E-state index in [0.29, 0.717) is 30.4 Å². The minimum absolute atomic E-state index is 0.354. The van der Waals surface area contributed by atoms with Gasteiger partial charge in [0.2, 0.25) is 0 Å². The fourth-order valence-electron chi connectivity index (χ4n) is 2.50. The van der Waals surface area contributed by atoms with Crippen LogP contribution >= 0.6 is 0 Å². The highest BCUT2D eigenvalue weighted by atomic mass is 16.5. The topological polar surface area (TPSA) is 73.6 Å². The Morgan fingerprint density at radius 3 is 2.75 bits per heavy atom. The zero-order valence-corrected chi connectivity index (χ0v) is 11.6. The lowest BCUT2D eigenvalue weighted by molar-refractivity contribution is 0.0746. The van der Waals surface area contributed by atoms with Gasteiger partial charge in [0.1, 0.15) is 12.4 Å². The molecule has 5 nitrogen and oxygen atoms in total. The maximum atomic E-state index is 11.5. The van der Waals surface area contributed by atoms with E-state index in [-0.39, 0.29) is 5.91 Å². The molecule has 20 heavy (non-hydrogen) atoms.